The molecule has 0 radical (unpaired) electrons. The zero-order valence-electron chi connectivity index (χ0n) is 12.1. The average Bonchev–Trinajstić information content (AvgIpc) is 2.96. The van der Waals surface area contributed by atoms with Crippen molar-refractivity contribution < 1.29 is 18.8 Å². The Hall–Kier alpha value is -2.50. The van der Waals surface area contributed by atoms with E-state index in [0.29, 0.717) is 23.8 Å². The molecular formula is C16H16N2O4. The molecule has 0 unspecified atom stereocenters. The molecule has 22 heavy (non-hydrogen) atoms. The van der Waals surface area contributed by atoms with Gasteiger partial charge in [-0.2, -0.15) is 0 Å². The van der Waals surface area contributed by atoms with E-state index in [2.05, 4.69) is 10.5 Å². The van der Waals surface area contributed by atoms with E-state index in [1.807, 2.05) is 6.07 Å². The Kier molecular flexibility index (Phi) is 3.21. The molecule has 1 aliphatic carbocycles. The topological polar surface area (TPSA) is 73.6 Å². The summed E-state index contributed by atoms with van der Waals surface area (Å²) in [6.07, 6.45) is 4.25. The summed E-state index contributed by atoms with van der Waals surface area (Å²) in [6, 6.07) is 5.45. The van der Waals surface area contributed by atoms with Crippen LogP contribution in [0.15, 0.2) is 22.7 Å². The molecule has 0 saturated heterocycles. The van der Waals surface area contributed by atoms with Gasteiger partial charge in [0.15, 0.2) is 6.61 Å². The van der Waals surface area contributed by atoms with Crippen molar-refractivity contribution in [3.63, 3.8) is 0 Å². The maximum absolute atomic E-state index is 11.5. The lowest BCUT2D eigenvalue weighted by atomic mass is 9.97. The minimum atomic E-state index is -0.178. The molecule has 0 spiro atoms. The molecular weight excluding hydrogens is 284 g/mol. The zero-order valence-corrected chi connectivity index (χ0v) is 12.1. The summed E-state index contributed by atoms with van der Waals surface area (Å²) in [5.74, 6) is 2.01. The highest BCUT2D eigenvalue weighted by molar-refractivity contribution is 5.97. The fraction of sp³-hybridized carbons (Fsp3) is 0.375. The zero-order chi connectivity index (χ0) is 14.9. The molecule has 4 rings (SSSR count). The number of fused-ring (bicyclic) bond motifs is 2. The Morgan fingerprint density at radius 3 is 3.14 bits per heavy atom. The number of para-hydroxylation sites is 1. The van der Waals surface area contributed by atoms with Crippen molar-refractivity contribution in [3.8, 4) is 11.5 Å². The SMILES string of the molecule is O=C1COc2cccc(OCc3noc4c3CCCC4)c2N1. The first-order valence-corrected chi connectivity index (χ1v) is 7.46. The summed E-state index contributed by atoms with van der Waals surface area (Å²) < 4.78 is 16.6. The molecule has 0 fully saturated rings. The summed E-state index contributed by atoms with van der Waals surface area (Å²) in [6.45, 7) is 0.360. The number of hydrogen-bond acceptors (Lipinski definition) is 5. The van der Waals surface area contributed by atoms with Gasteiger partial charge in [-0.3, -0.25) is 4.79 Å². The van der Waals surface area contributed by atoms with E-state index in [-0.39, 0.29) is 12.5 Å². The second-order valence-corrected chi connectivity index (χ2v) is 5.49. The maximum Gasteiger partial charge on any atom is 0.262 e. The standard InChI is InChI=1S/C16H16N2O4/c19-15-9-21-14-7-3-6-13(16(14)17-15)20-8-11-10-4-1-2-5-12(10)22-18-11/h3,6-7H,1-2,4-5,8-9H2,(H,17,19). The number of aryl methyl sites for hydroxylation is 1. The second kappa shape index (κ2) is 5.36. The first kappa shape index (κ1) is 13.2. The lowest BCUT2D eigenvalue weighted by Gasteiger charge is -2.20. The molecule has 1 amide bonds. The maximum atomic E-state index is 11.5. The normalized spacial score (nSPS) is 16.3. The van der Waals surface area contributed by atoms with E-state index in [4.69, 9.17) is 14.0 Å². The number of nitrogens with zero attached hydrogens (tertiary/aromatic N) is 1. The first-order valence-electron chi connectivity index (χ1n) is 7.46. The van der Waals surface area contributed by atoms with Crippen LogP contribution in [-0.4, -0.2) is 17.7 Å². The van der Waals surface area contributed by atoms with E-state index < -0.39 is 0 Å². The van der Waals surface area contributed by atoms with Gasteiger partial charge in [0, 0.05) is 12.0 Å². The number of ether oxygens (including phenoxy) is 2. The summed E-state index contributed by atoms with van der Waals surface area (Å²) in [4.78, 5) is 11.5. The van der Waals surface area contributed by atoms with Gasteiger partial charge < -0.3 is 19.3 Å². The van der Waals surface area contributed by atoms with E-state index in [0.717, 1.165) is 37.1 Å². The van der Waals surface area contributed by atoms with Gasteiger partial charge in [0.2, 0.25) is 0 Å². The molecule has 114 valence electrons. The van der Waals surface area contributed by atoms with Gasteiger partial charge in [-0.25, -0.2) is 0 Å². The molecule has 1 aliphatic heterocycles. The lowest BCUT2D eigenvalue weighted by molar-refractivity contribution is -0.118. The lowest BCUT2D eigenvalue weighted by Crippen LogP contribution is -2.25. The number of benzene rings is 1. The van der Waals surface area contributed by atoms with Crippen LogP contribution >= 0.6 is 0 Å². The molecule has 1 aromatic carbocycles. The summed E-state index contributed by atoms with van der Waals surface area (Å²) in [5.41, 5.74) is 2.60. The molecule has 0 atom stereocenters. The summed E-state index contributed by atoms with van der Waals surface area (Å²) >= 11 is 0. The number of carbonyl (C=O) groups excluding carboxylic acids is 1. The van der Waals surface area contributed by atoms with Gasteiger partial charge in [0.1, 0.15) is 35.2 Å². The van der Waals surface area contributed by atoms with Crippen LogP contribution in [0.2, 0.25) is 0 Å². The number of nitrogens with one attached hydrogen (secondary N) is 1. The van der Waals surface area contributed by atoms with Crippen molar-refractivity contribution in [1.82, 2.24) is 5.16 Å². The van der Waals surface area contributed by atoms with Crippen LogP contribution in [0, 0.1) is 0 Å². The monoisotopic (exact) mass is 300 g/mol. The first-order chi connectivity index (χ1) is 10.8. The third-order valence-electron chi connectivity index (χ3n) is 4.01. The van der Waals surface area contributed by atoms with Crippen LogP contribution < -0.4 is 14.8 Å². The quantitative estimate of drug-likeness (QED) is 0.942. The van der Waals surface area contributed by atoms with E-state index >= 15 is 0 Å². The number of amides is 1. The van der Waals surface area contributed by atoms with Crippen LogP contribution in [-0.2, 0) is 24.2 Å². The molecule has 1 N–H and O–H groups in total. The highest BCUT2D eigenvalue weighted by atomic mass is 16.5. The van der Waals surface area contributed by atoms with E-state index in [1.165, 1.54) is 5.56 Å². The smallest absolute Gasteiger partial charge is 0.262 e. The van der Waals surface area contributed by atoms with E-state index in [9.17, 15) is 4.79 Å². The summed E-state index contributed by atoms with van der Waals surface area (Å²) in [5, 5.41) is 6.91. The van der Waals surface area contributed by atoms with Gasteiger partial charge >= 0.3 is 0 Å². The van der Waals surface area contributed by atoms with Gasteiger partial charge in [0.25, 0.3) is 5.91 Å². The van der Waals surface area contributed by atoms with Crippen LogP contribution in [0.4, 0.5) is 5.69 Å². The molecule has 6 heteroatoms. The number of hydrogen-bond donors (Lipinski definition) is 1. The summed E-state index contributed by atoms with van der Waals surface area (Å²) in [7, 11) is 0. The number of aromatic nitrogens is 1. The molecule has 2 aliphatic rings. The largest absolute Gasteiger partial charge is 0.485 e. The van der Waals surface area contributed by atoms with Crippen molar-refractivity contribution in [1.29, 1.82) is 0 Å². The molecule has 0 saturated carbocycles. The third kappa shape index (κ3) is 2.30. The van der Waals surface area contributed by atoms with E-state index in [1.54, 1.807) is 12.1 Å². The number of anilines is 1. The van der Waals surface area contributed by atoms with Gasteiger partial charge in [0.05, 0.1) is 0 Å². The fourth-order valence-electron chi connectivity index (χ4n) is 2.90. The predicted molar refractivity (Wildman–Crippen MR) is 78.0 cm³/mol. The second-order valence-electron chi connectivity index (χ2n) is 5.49. The number of carbonyl (C=O) groups is 1. The highest BCUT2D eigenvalue weighted by Crippen LogP contribution is 2.37. The van der Waals surface area contributed by atoms with Crippen LogP contribution in [0.25, 0.3) is 0 Å². The minimum absolute atomic E-state index is 0.0350. The Balaban J connectivity index is 1.55. The average molecular weight is 300 g/mol. The Bertz CT molecular complexity index is 723. The predicted octanol–water partition coefficient (Wildman–Crippen LogP) is 2.46. The van der Waals surface area contributed by atoms with Gasteiger partial charge in [-0.05, 0) is 31.4 Å². The third-order valence-corrected chi connectivity index (χ3v) is 4.01. The number of rotatable bonds is 3. The molecule has 2 heterocycles. The highest BCUT2D eigenvalue weighted by Gasteiger charge is 2.22. The van der Waals surface area contributed by atoms with Crippen molar-refractivity contribution >= 4 is 11.6 Å². The van der Waals surface area contributed by atoms with Crippen LogP contribution in [0.3, 0.4) is 0 Å². The molecule has 1 aromatic heterocycles. The van der Waals surface area contributed by atoms with Crippen LogP contribution in [0.1, 0.15) is 29.9 Å². The van der Waals surface area contributed by atoms with Crippen molar-refractivity contribution in [2.75, 3.05) is 11.9 Å². The van der Waals surface area contributed by atoms with Gasteiger partial charge in [-0.1, -0.05) is 11.2 Å². The molecule has 6 nitrogen and oxygen atoms in total. The van der Waals surface area contributed by atoms with Crippen molar-refractivity contribution in [3.05, 3.63) is 35.2 Å². The van der Waals surface area contributed by atoms with Crippen molar-refractivity contribution in [2.45, 2.75) is 32.3 Å². The Morgan fingerprint density at radius 2 is 2.18 bits per heavy atom. The minimum Gasteiger partial charge on any atom is -0.485 e. The van der Waals surface area contributed by atoms with Gasteiger partial charge in [-0.15, -0.1) is 0 Å². The van der Waals surface area contributed by atoms with Crippen molar-refractivity contribution in [2.24, 2.45) is 0 Å². The fourth-order valence-corrected chi connectivity index (χ4v) is 2.90. The Morgan fingerprint density at radius 1 is 1.27 bits per heavy atom. The molecule has 2 aromatic rings. The molecule has 0 bridgehead atoms. The Labute approximate surface area is 127 Å². The van der Waals surface area contributed by atoms with Crippen LogP contribution in [0.5, 0.6) is 11.5 Å².